The van der Waals surface area contributed by atoms with E-state index >= 15 is 0 Å². The van der Waals surface area contributed by atoms with Gasteiger partial charge in [-0.15, -0.1) is 10.2 Å². The number of hydrogen-bond acceptors (Lipinski definition) is 6. The van der Waals surface area contributed by atoms with E-state index in [2.05, 4.69) is 20.1 Å². The highest BCUT2D eigenvalue weighted by molar-refractivity contribution is 5.82. The van der Waals surface area contributed by atoms with Crippen molar-refractivity contribution in [2.75, 3.05) is 7.05 Å². The second-order valence-corrected chi connectivity index (χ2v) is 7.22. The average Bonchev–Trinajstić information content (AvgIpc) is 3.11. The van der Waals surface area contributed by atoms with Crippen molar-refractivity contribution < 1.29 is 50.5 Å². The van der Waals surface area contributed by atoms with Gasteiger partial charge in [0, 0.05) is 30.7 Å². The number of aliphatic carboxylic acids is 2. The molecule has 2 aromatic heterocycles. The minimum absolute atomic E-state index is 0.260. The molecule has 0 radical (unpaired) electrons. The molecule has 9 nitrogen and oxygen atoms in total. The number of nitrogens with zero attached hydrogens (tertiary/aromatic N) is 5. The van der Waals surface area contributed by atoms with Crippen molar-refractivity contribution in [2.24, 2.45) is 7.05 Å². The van der Waals surface area contributed by atoms with Crippen LogP contribution in [0.2, 0.25) is 0 Å². The maximum Gasteiger partial charge on any atom is 0.490 e. The minimum Gasteiger partial charge on any atom is -0.475 e. The number of pyridine rings is 1. The highest BCUT2D eigenvalue weighted by Crippen LogP contribution is 2.21. The third kappa shape index (κ3) is 9.81. The van der Waals surface area contributed by atoms with E-state index in [1.165, 1.54) is 12.1 Å². The Hall–Kier alpha value is -3.82. The lowest BCUT2D eigenvalue weighted by molar-refractivity contribution is -0.193. The van der Waals surface area contributed by atoms with Crippen molar-refractivity contribution in [2.45, 2.75) is 32.4 Å². The Morgan fingerprint density at radius 3 is 1.97 bits per heavy atom. The van der Waals surface area contributed by atoms with E-state index in [0.29, 0.717) is 12.1 Å². The number of alkyl halides is 6. The number of fused-ring (bicyclic) bond motifs is 1. The lowest BCUT2D eigenvalue weighted by Gasteiger charge is -2.17. The number of rotatable bonds is 4. The maximum absolute atomic E-state index is 13.4. The Kier molecular flexibility index (Phi) is 10.3. The topological polar surface area (TPSA) is 121 Å². The summed E-state index contributed by atoms with van der Waals surface area (Å²) in [6.45, 7) is 3.36. The molecule has 1 aromatic carbocycles. The van der Waals surface area contributed by atoms with Gasteiger partial charge in [-0.2, -0.15) is 26.3 Å². The summed E-state index contributed by atoms with van der Waals surface area (Å²) in [5.41, 5.74) is 2.72. The third-order valence-corrected chi connectivity index (χ3v) is 4.13. The summed E-state index contributed by atoms with van der Waals surface area (Å²) in [6.07, 6.45) is -8.47. The van der Waals surface area contributed by atoms with Crippen LogP contribution in [0.25, 0.3) is 10.9 Å². The smallest absolute Gasteiger partial charge is 0.475 e. The van der Waals surface area contributed by atoms with Crippen molar-refractivity contribution in [3.05, 3.63) is 53.5 Å². The van der Waals surface area contributed by atoms with Crippen LogP contribution in [-0.4, -0.2) is 66.2 Å². The molecule has 3 rings (SSSR count). The molecule has 0 saturated heterocycles. The van der Waals surface area contributed by atoms with Crippen LogP contribution in [0.1, 0.15) is 17.1 Å². The summed E-state index contributed by atoms with van der Waals surface area (Å²) in [7, 11) is 3.96. The fraction of sp³-hybridized carbons (Fsp3) is 0.350. The molecular formula is C20H20F7N5O4. The molecule has 2 heterocycles. The molecule has 2 N–H and O–H groups in total. The van der Waals surface area contributed by atoms with Crippen molar-refractivity contribution in [3.8, 4) is 0 Å². The highest BCUT2D eigenvalue weighted by Gasteiger charge is 2.38. The molecule has 0 aliphatic heterocycles. The van der Waals surface area contributed by atoms with E-state index in [-0.39, 0.29) is 5.82 Å². The summed E-state index contributed by atoms with van der Waals surface area (Å²) in [6, 6.07) is 6.80. The van der Waals surface area contributed by atoms with Crippen molar-refractivity contribution in [3.63, 3.8) is 0 Å². The number of hydrogen-bond donors (Lipinski definition) is 2. The minimum atomic E-state index is -5.08. The molecule has 0 aliphatic rings. The van der Waals surface area contributed by atoms with E-state index in [1.807, 2.05) is 31.7 Å². The van der Waals surface area contributed by atoms with Crippen LogP contribution >= 0.6 is 0 Å². The molecule has 0 spiro atoms. The van der Waals surface area contributed by atoms with Gasteiger partial charge in [0.25, 0.3) is 0 Å². The summed E-state index contributed by atoms with van der Waals surface area (Å²) < 4.78 is 78.8. The van der Waals surface area contributed by atoms with Gasteiger partial charge in [0.05, 0.1) is 12.1 Å². The zero-order chi connectivity index (χ0) is 27.8. The van der Waals surface area contributed by atoms with Gasteiger partial charge < -0.3 is 14.8 Å². The van der Waals surface area contributed by atoms with Gasteiger partial charge in [0.2, 0.25) is 0 Å². The lowest BCUT2D eigenvalue weighted by atomic mass is 10.1. The Bertz CT molecular complexity index is 1170. The van der Waals surface area contributed by atoms with Gasteiger partial charge in [-0.25, -0.2) is 14.0 Å². The third-order valence-electron chi connectivity index (χ3n) is 4.13. The Labute approximate surface area is 198 Å². The van der Waals surface area contributed by atoms with Gasteiger partial charge >= 0.3 is 24.3 Å². The van der Waals surface area contributed by atoms with Crippen LogP contribution in [-0.2, 0) is 29.7 Å². The van der Waals surface area contributed by atoms with E-state index < -0.39 is 24.3 Å². The second-order valence-electron chi connectivity index (χ2n) is 7.22. The highest BCUT2D eigenvalue weighted by atomic mass is 19.4. The van der Waals surface area contributed by atoms with Crippen LogP contribution in [0.4, 0.5) is 30.7 Å². The first-order valence-electron chi connectivity index (χ1n) is 9.59. The van der Waals surface area contributed by atoms with Crippen molar-refractivity contribution in [1.29, 1.82) is 0 Å². The first-order valence-corrected chi connectivity index (χ1v) is 9.59. The normalized spacial score (nSPS) is 11.4. The summed E-state index contributed by atoms with van der Waals surface area (Å²) in [4.78, 5) is 24.4. The Morgan fingerprint density at radius 2 is 1.53 bits per heavy atom. The fourth-order valence-corrected chi connectivity index (χ4v) is 2.59. The molecule has 198 valence electrons. The molecule has 0 aliphatic carbocycles. The number of carboxylic acids is 2. The molecular weight excluding hydrogens is 507 g/mol. The summed E-state index contributed by atoms with van der Waals surface area (Å²) in [5.74, 6) is -4.87. The maximum atomic E-state index is 13.4. The molecule has 0 unspecified atom stereocenters. The molecule has 0 bridgehead atoms. The van der Waals surface area contributed by atoms with Gasteiger partial charge in [-0.1, -0.05) is 0 Å². The lowest BCUT2D eigenvalue weighted by Crippen LogP contribution is -2.21. The zero-order valence-corrected chi connectivity index (χ0v) is 18.9. The van der Waals surface area contributed by atoms with Gasteiger partial charge in [0.15, 0.2) is 0 Å². The van der Waals surface area contributed by atoms with Gasteiger partial charge in [0.1, 0.15) is 18.0 Å². The van der Waals surface area contributed by atoms with Gasteiger partial charge in [-0.05, 0) is 37.7 Å². The number of aryl methyl sites for hydroxylation is 2. The van der Waals surface area contributed by atoms with Crippen LogP contribution in [0.3, 0.4) is 0 Å². The van der Waals surface area contributed by atoms with E-state index in [4.69, 9.17) is 19.8 Å². The summed E-state index contributed by atoms with van der Waals surface area (Å²) >= 11 is 0. The fourth-order valence-electron chi connectivity index (χ4n) is 2.59. The first kappa shape index (κ1) is 30.2. The van der Waals surface area contributed by atoms with Crippen molar-refractivity contribution in [1.82, 2.24) is 24.6 Å². The monoisotopic (exact) mass is 527 g/mol. The molecule has 0 fully saturated rings. The van der Waals surface area contributed by atoms with Crippen molar-refractivity contribution >= 4 is 22.8 Å². The standard InChI is InChI=1S/C16H18FN5.2C2HF3O2/c1-11-6-12(14-5-4-13(17)7-15(14)19-11)8-21(2)9-16-20-18-10-22(16)3;2*3-2(4,5)1(6)7/h4-7,10H,8-9H2,1-3H3;2*(H,6,7). The van der Waals surface area contributed by atoms with Crippen LogP contribution in [0, 0.1) is 12.7 Å². The van der Waals surface area contributed by atoms with E-state index in [9.17, 15) is 30.7 Å². The molecule has 0 saturated carbocycles. The quantitative estimate of drug-likeness (QED) is 0.493. The Balaban J connectivity index is 0.000000383. The molecule has 0 amide bonds. The largest absolute Gasteiger partial charge is 0.490 e. The predicted molar refractivity (Wildman–Crippen MR) is 110 cm³/mol. The van der Waals surface area contributed by atoms with E-state index in [1.54, 1.807) is 12.4 Å². The SMILES string of the molecule is Cc1cc(CN(C)Cc2nncn2C)c2ccc(F)cc2n1.O=C(O)C(F)(F)F.O=C(O)C(F)(F)F. The molecule has 36 heavy (non-hydrogen) atoms. The summed E-state index contributed by atoms with van der Waals surface area (Å²) in [5, 5.41) is 23.2. The molecule has 3 aromatic rings. The zero-order valence-electron chi connectivity index (χ0n) is 18.9. The molecule has 0 atom stereocenters. The number of aromatic nitrogens is 4. The number of benzene rings is 1. The predicted octanol–water partition coefficient (Wildman–Crippen LogP) is 3.71. The van der Waals surface area contributed by atoms with E-state index in [0.717, 1.165) is 29.0 Å². The number of carbonyl (C=O) groups is 2. The number of halogens is 7. The molecule has 16 heteroatoms. The van der Waals surface area contributed by atoms with Crippen LogP contribution in [0.5, 0.6) is 0 Å². The van der Waals surface area contributed by atoms with Gasteiger partial charge in [-0.3, -0.25) is 9.88 Å². The van der Waals surface area contributed by atoms with Crippen LogP contribution < -0.4 is 0 Å². The Morgan fingerprint density at radius 1 is 1.00 bits per heavy atom. The number of carboxylic acid groups (broad SMARTS) is 2. The average molecular weight is 527 g/mol. The first-order chi connectivity index (χ1) is 16.4. The second kappa shape index (κ2) is 12.2. The van der Waals surface area contributed by atoms with Crippen LogP contribution in [0.15, 0.2) is 30.6 Å².